The van der Waals surface area contributed by atoms with Gasteiger partial charge in [0.25, 0.3) is 0 Å². The Labute approximate surface area is 91.9 Å². The summed E-state index contributed by atoms with van der Waals surface area (Å²) in [5.41, 5.74) is 1.31. The molecule has 1 aromatic carbocycles. The van der Waals surface area contributed by atoms with Gasteiger partial charge in [-0.05, 0) is 0 Å². The second-order valence-corrected chi connectivity index (χ2v) is 6.75. The zero-order valence-corrected chi connectivity index (χ0v) is 10.7. The van der Waals surface area contributed by atoms with Gasteiger partial charge in [0.1, 0.15) is 0 Å². The molecule has 0 aliphatic heterocycles. The van der Waals surface area contributed by atoms with Crippen LogP contribution in [0.1, 0.15) is 19.4 Å². The molecular formula is C11H14SSe. The maximum atomic E-state index is 5.32. The van der Waals surface area contributed by atoms with Crippen molar-refractivity contribution in [3.8, 4) is 0 Å². The third-order valence-electron chi connectivity index (χ3n) is 1.71. The Hall–Kier alpha value is -0.171. The van der Waals surface area contributed by atoms with Gasteiger partial charge in [0.05, 0.1) is 0 Å². The molecular weight excluding hydrogens is 243 g/mol. The van der Waals surface area contributed by atoms with E-state index in [9.17, 15) is 0 Å². The molecule has 0 N–H and O–H groups in total. The molecule has 0 saturated heterocycles. The summed E-state index contributed by atoms with van der Waals surface area (Å²) in [5, 5.41) is 0. The summed E-state index contributed by atoms with van der Waals surface area (Å²) in [6, 6.07) is 8.67. The normalized spacial score (nSPS) is 10.5. The zero-order chi connectivity index (χ0) is 9.84. The molecule has 13 heavy (non-hydrogen) atoms. The summed E-state index contributed by atoms with van der Waals surface area (Å²) in [4.78, 5) is 0. The van der Waals surface area contributed by atoms with E-state index >= 15 is 0 Å². The Kier molecular flexibility index (Phi) is 4.11. The number of rotatable bonds is 3. The van der Waals surface area contributed by atoms with E-state index in [0.29, 0.717) is 20.9 Å². The number of hydrogen-bond acceptors (Lipinski definition) is 1. The Morgan fingerprint density at radius 2 is 1.77 bits per heavy atom. The first-order valence-corrected chi connectivity index (χ1v) is 6.50. The molecule has 0 aliphatic rings. The van der Waals surface area contributed by atoms with Crippen LogP contribution < -0.4 is 4.46 Å². The summed E-state index contributed by atoms with van der Waals surface area (Å²) in [7, 11) is 0. The fourth-order valence-corrected chi connectivity index (χ4v) is 2.89. The van der Waals surface area contributed by atoms with Gasteiger partial charge >= 0.3 is 91.9 Å². The van der Waals surface area contributed by atoms with Crippen LogP contribution in [0.25, 0.3) is 0 Å². The topological polar surface area (TPSA) is 0 Å². The van der Waals surface area contributed by atoms with E-state index in [1.165, 1.54) is 13.8 Å². The first kappa shape index (κ1) is 10.9. The van der Waals surface area contributed by atoms with Gasteiger partial charge in [0, 0.05) is 0 Å². The molecule has 0 bridgehead atoms. The molecule has 0 fully saturated rings. The van der Waals surface area contributed by atoms with Crippen molar-refractivity contribution in [3.63, 3.8) is 0 Å². The fraction of sp³-hybridized carbons (Fsp3) is 0.364. The summed E-state index contributed by atoms with van der Waals surface area (Å²) in [6.07, 6.45) is 0. The predicted octanol–water partition coefficient (Wildman–Crippen LogP) is 2.31. The van der Waals surface area contributed by atoms with Crippen LogP contribution in [0.5, 0.6) is 0 Å². The predicted molar refractivity (Wildman–Crippen MR) is 64.0 cm³/mol. The molecule has 0 atom stereocenters. The molecule has 70 valence electrons. The third-order valence-corrected chi connectivity index (χ3v) is 5.09. The molecule has 0 aromatic heterocycles. The van der Waals surface area contributed by atoms with Gasteiger partial charge in [0.15, 0.2) is 0 Å². The average molecular weight is 257 g/mol. The van der Waals surface area contributed by atoms with Crippen molar-refractivity contribution in [1.29, 1.82) is 0 Å². The SMILES string of the molecule is Cc1ccc([Se]C(=S)C(C)C)cc1. The van der Waals surface area contributed by atoms with Gasteiger partial charge in [-0.25, -0.2) is 0 Å². The molecule has 1 aromatic rings. The van der Waals surface area contributed by atoms with Gasteiger partial charge in [-0.15, -0.1) is 0 Å². The molecule has 0 saturated carbocycles. The van der Waals surface area contributed by atoms with Crippen LogP contribution in [-0.2, 0) is 0 Å². The maximum absolute atomic E-state index is 5.32. The molecule has 0 amide bonds. The summed E-state index contributed by atoms with van der Waals surface area (Å²) >= 11 is 5.69. The second-order valence-electron chi connectivity index (χ2n) is 3.39. The number of hydrogen-bond donors (Lipinski definition) is 0. The summed E-state index contributed by atoms with van der Waals surface area (Å²) in [6.45, 7) is 6.44. The summed E-state index contributed by atoms with van der Waals surface area (Å²) < 4.78 is 2.59. The van der Waals surface area contributed by atoms with Crippen LogP contribution in [0.4, 0.5) is 0 Å². The van der Waals surface area contributed by atoms with Crippen molar-refractivity contribution < 1.29 is 0 Å². The van der Waals surface area contributed by atoms with E-state index in [-0.39, 0.29) is 0 Å². The van der Waals surface area contributed by atoms with E-state index < -0.39 is 0 Å². The zero-order valence-electron chi connectivity index (χ0n) is 8.20. The standard InChI is InChI=1S/C11H14SSe/c1-8(2)11(12)13-10-6-4-9(3)5-7-10/h4-8H,1-3H3. The van der Waals surface area contributed by atoms with Crippen molar-refractivity contribution in [3.05, 3.63) is 29.8 Å². The molecule has 0 nitrogen and oxygen atoms in total. The molecule has 0 unspecified atom stereocenters. The fourth-order valence-electron chi connectivity index (χ4n) is 0.840. The van der Waals surface area contributed by atoms with Gasteiger partial charge in [-0.2, -0.15) is 0 Å². The second kappa shape index (κ2) is 4.90. The number of aryl methyl sites for hydroxylation is 1. The van der Waals surface area contributed by atoms with Gasteiger partial charge in [-0.3, -0.25) is 0 Å². The minimum atomic E-state index is 0.372. The molecule has 0 aliphatic carbocycles. The Bertz CT molecular complexity index is 287. The third kappa shape index (κ3) is 3.60. The van der Waals surface area contributed by atoms with Gasteiger partial charge in [-0.1, -0.05) is 0 Å². The first-order valence-electron chi connectivity index (χ1n) is 4.38. The molecule has 0 heterocycles. The van der Waals surface area contributed by atoms with Gasteiger partial charge < -0.3 is 0 Å². The van der Waals surface area contributed by atoms with Crippen molar-refractivity contribution in [2.45, 2.75) is 20.8 Å². The Morgan fingerprint density at radius 3 is 2.23 bits per heavy atom. The summed E-state index contributed by atoms with van der Waals surface area (Å²) in [5.74, 6) is 0.538. The van der Waals surface area contributed by atoms with E-state index in [2.05, 4.69) is 45.0 Å². The monoisotopic (exact) mass is 258 g/mol. The van der Waals surface area contributed by atoms with Crippen LogP contribution in [-0.4, -0.2) is 18.7 Å². The van der Waals surface area contributed by atoms with Crippen molar-refractivity contribution in [2.24, 2.45) is 5.92 Å². The minimum absolute atomic E-state index is 0.372. The molecule has 2 heteroatoms. The molecule has 0 spiro atoms. The first-order chi connectivity index (χ1) is 6.09. The quantitative estimate of drug-likeness (QED) is 0.591. The van der Waals surface area contributed by atoms with E-state index in [4.69, 9.17) is 12.2 Å². The number of thiocarbonyl (C=S) groups is 1. The van der Waals surface area contributed by atoms with Crippen LogP contribution in [0.15, 0.2) is 24.3 Å². The van der Waals surface area contributed by atoms with Crippen molar-refractivity contribution in [2.75, 3.05) is 0 Å². The molecule has 1 rings (SSSR count). The van der Waals surface area contributed by atoms with Gasteiger partial charge in [0.2, 0.25) is 0 Å². The van der Waals surface area contributed by atoms with E-state index in [1.54, 1.807) is 0 Å². The van der Waals surface area contributed by atoms with Crippen LogP contribution in [0.3, 0.4) is 0 Å². The van der Waals surface area contributed by atoms with E-state index in [1.807, 2.05) is 0 Å². The Balaban J connectivity index is 2.65. The van der Waals surface area contributed by atoms with E-state index in [0.717, 1.165) is 0 Å². The van der Waals surface area contributed by atoms with Crippen LogP contribution in [0, 0.1) is 12.8 Å². The van der Waals surface area contributed by atoms with Crippen molar-refractivity contribution in [1.82, 2.24) is 0 Å². The van der Waals surface area contributed by atoms with Crippen LogP contribution >= 0.6 is 12.2 Å². The van der Waals surface area contributed by atoms with Crippen LogP contribution in [0.2, 0.25) is 0 Å². The van der Waals surface area contributed by atoms with Crippen molar-refractivity contribution >= 4 is 35.4 Å². The molecule has 0 radical (unpaired) electrons. The number of benzene rings is 1. The Morgan fingerprint density at radius 1 is 1.23 bits per heavy atom. The average Bonchev–Trinajstić information content (AvgIpc) is 2.08.